The lowest BCUT2D eigenvalue weighted by molar-refractivity contribution is 0.0399. The maximum absolute atomic E-state index is 12.2. The summed E-state index contributed by atoms with van der Waals surface area (Å²) in [6.07, 6.45) is 6.87. The van der Waals surface area contributed by atoms with Crippen LogP contribution in [-0.4, -0.2) is 29.5 Å². The van der Waals surface area contributed by atoms with Gasteiger partial charge in [-0.2, -0.15) is 5.10 Å². The van der Waals surface area contributed by atoms with Crippen molar-refractivity contribution in [3.8, 4) is 11.4 Å². The average molecular weight is 326 g/mol. The number of rotatable bonds is 5. The van der Waals surface area contributed by atoms with Crippen molar-refractivity contribution in [2.24, 2.45) is 17.8 Å². The summed E-state index contributed by atoms with van der Waals surface area (Å²) >= 11 is 0. The molecule has 1 heterocycles. The Bertz CT molecular complexity index is 722. The molecule has 3 unspecified atom stereocenters. The van der Waals surface area contributed by atoms with E-state index < -0.39 is 0 Å². The topological polar surface area (TPSA) is 53.4 Å². The minimum atomic E-state index is -0.333. The molecule has 2 saturated carbocycles. The Kier molecular flexibility index (Phi) is 4.00. The molecule has 2 aliphatic rings. The number of aromatic nitrogens is 2. The van der Waals surface area contributed by atoms with Crippen molar-refractivity contribution in [2.75, 3.05) is 13.7 Å². The fraction of sp³-hybridized carbons (Fsp3) is 0.474. The quantitative estimate of drug-likeness (QED) is 0.790. The van der Waals surface area contributed by atoms with Crippen molar-refractivity contribution in [3.05, 3.63) is 42.2 Å². The first-order chi connectivity index (χ1) is 11.7. The zero-order valence-corrected chi connectivity index (χ0v) is 13.9. The molecule has 4 rings (SSSR count). The largest absolute Gasteiger partial charge is 0.497 e. The van der Waals surface area contributed by atoms with E-state index in [4.69, 9.17) is 9.47 Å². The van der Waals surface area contributed by atoms with Crippen LogP contribution in [0, 0.1) is 17.8 Å². The Hall–Kier alpha value is -2.30. The fourth-order valence-corrected chi connectivity index (χ4v) is 3.68. The molecule has 0 bridgehead atoms. The van der Waals surface area contributed by atoms with Crippen molar-refractivity contribution in [1.29, 1.82) is 0 Å². The standard InChI is InChI=1S/C19H22N2O3/c1-23-17-6-4-16(5-7-17)21-9-8-18(20-21)19(22)24-12-13-2-3-14-11-15(14)10-13/h4-9,13-15H,2-3,10-12H2,1H3. The minimum absolute atomic E-state index is 0.333. The van der Waals surface area contributed by atoms with E-state index in [-0.39, 0.29) is 5.97 Å². The number of hydrogen-bond donors (Lipinski definition) is 0. The highest BCUT2D eigenvalue weighted by Crippen LogP contribution is 2.51. The molecule has 0 spiro atoms. The third-order valence-corrected chi connectivity index (χ3v) is 5.24. The maximum atomic E-state index is 12.2. The van der Waals surface area contributed by atoms with Gasteiger partial charge in [0.2, 0.25) is 0 Å². The van der Waals surface area contributed by atoms with Gasteiger partial charge in [0, 0.05) is 6.20 Å². The average Bonchev–Trinajstić information content (AvgIpc) is 3.23. The number of benzene rings is 1. The summed E-state index contributed by atoms with van der Waals surface area (Å²) < 4.78 is 12.3. The van der Waals surface area contributed by atoms with Crippen molar-refractivity contribution in [1.82, 2.24) is 9.78 Å². The van der Waals surface area contributed by atoms with Crippen LogP contribution >= 0.6 is 0 Å². The summed E-state index contributed by atoms with van der Waals surface area (Å²) in [5.74, 6) is 2.85. The third kappa shape index (κ3) is 3.16. The second-order valence-corrected chi connectivity index (χ2v) is 6.88. The Morgan fingerprint density at radius 1 is 1.17 bits per heavy atom. The predicted molar refractivity (Wildman–Crippen MR) is 89.3 cm³/mol. The van der Waals surface area contributed by atoms with E-state index in [1.165, 1.54) is 25.7 Å². The first kappa shape index (κ1) is 15.2. The zero-order chi connectivity index (χ0) is 16.5. The number of methoxy groups -OCH3 is 1. The number of nitrogens with zero attached hydrogens (tertiary/aromatic N) is 2. The highest BCUT2D eigenvalue weighted by Gasteiger charge is 2.42. The van der Waals surface area contributed by atoms with E-state index in [0.29, 0.717) is 18.2 Å². The van der Waals surface area contributed by atoms with Crippen molar-refractivity contribution in [2.45, 2.75) is 25.7 Å². The molecule has 0 amide bonds. The van der Waals surface area contributed by atoms with E-state index in [0.717, 1.165) is 23.3 Å². The third-order valence-electron chi connectivity index (χ3n) is 5.24. The van der Waals surface area contributed by atoms with E-state index >= 15 is 0 Å². The molecule has 3 atom stereocenters. The van der Waals surface area contributed by atoms with Crippen LogP contribution < -0.4 is 4.74 Å². The second-order valence-electron chi connectivity index (χ2n) is 6.88. The van der Waals surface area contributed by atoms with Gasteiger partial charge >= 0.3 is 5.97 Å². The summed E-state index contributed by atoms with van der Waals surface area (Å²) in [5, 5.41) is 4.32. The zero-order valence-electron chi connectivity index (χ0n) is 13.9. The molecule has 1 aromatic heterocycles. The number of carbonyl (C=O) groups is 1. The van der Waals surface area contributed by atoms with Gasteiger partial charge in [0.15, 0.2) is 5.69 Å². The van der Waals surface area contributed by atoms with E-state index in [9.17, 15) is 4.79 Å². The summed E-state index contributed by atoms with van der Waals surface area (Å²) in [6.45, 7) is 0.525. The molecule has 2 aliphatic carbocycles. The molecular weight excluding hydrogens is 304 g/mol. The Labute approximate surface area is 141 Å². The van der Waals surface area contributed by atoms with Gasteiger partial charge in [0.05, 0.1) is 19.4 Å². The lowest BCUT2D eigenvalue weighted by Crippen LogP contribution is -2.18. The van der Waals surface area contributed by atoms with Crippen molar-refractivity contribution < 1.29 is 14.3 Å². The van der Waals surface area contributed by atoms with Crippen LogP contribution in [0.1, 0.15) is 36.2 Å². The number of fused-ring (bicyclic) bond motifs is 1. The molecule has 2 fully saturated rings. The maximum Gasteiger partial charge on any atom is 0.358 e. The molecule has 126 valence electrons. The Morgan fingerprint density at radius 3 is 2.75 bits per heavy atom. The van der Waals surface area contributed by atoms with Crippen LogP contribution in [0.4, 0.5) is 0 Å². The van der Waals surface area contributed by atoms with Gasteiger partial charge in [-0.15, -0.1) is 0 Å². The van der Waals surface area contributed by atoms with Gasteiger partial charge in [0.1, 0.15) is 5.75 Å². The van der Waals surface area contributed by atoms with Crippen LogP contribution in [0.5, 0.6) is 5.75 Å². The van der Waals surface area contributed by atoms with Crippen LogP contribution in [-0.2, 0) is 4.74 Å². The molecular formula is C19H22N2O3. The van der Waals surface area contributed by atoms with Crippen LogP contribution in [0.25, 0.3) is 5.69 Å². The molecule has 0 saturated heterocycles. The fourth-order valence-electron chi connectivity index (χ4n) is 3.68. The van der Waals surface area contributed by atoms with E-state index in [1.54, 1.807) is 24.1 Å². The summed E-state index contributed by atoms with van der Waals surface area (Å²) in [7, 11) is 1.63. The second kappa shape index (κ2) is 6.30. The summed E-state index contributed by atoms with van der Waals surface area (Å²) in [5.41, 5.74) is 1.23. The van der Waals surface area contributed by atoms with E-state index in [2.05, 4.69) is 5.10 Å². The van der Waals surface area contributed by atoms with E-state index in [1.807, 2.05) is 24.3 Å². The van der Waals surface area contributed by atoms with Gasteiger partial charge < -0.3 is 9.47 Å². The number of hydrogen-bond acceptors (Lipinski definition) is 4. The molecule has 2 aromatic rings. The van der Waals surface area contributed by atoms with Crippen molar-refractivity contribution in [3.63, 3.8) is 0 Å². The van der Waals surface area contributed by atoms with Crippen LogP contribution in [0.2, 0.25) is 0 Å². The number of ether oxygens (including phenoxy) is 2. The van der Waals surface area contributed by atoms with Crippen molar-refractivity contribution >= 4 is 5.97 Å². The predicted octanol–water partition coefficient (Wildman–Crippen LogP) is 3.47. The molecule has 0 aliphatic heterocycles. The summed E-state index contributed by atoms with van der Waals surface area (Å²) in [4.78, 5) is 12.2. The number of carbonyl (C=O) groups excluding carboxylic acids is 1. The van der Waals surface area contributed by atoms with Gasteiger partial charge in [-0.1, -0.05) is 0 Å². The summed E-state index contributed by atoms with van der Waals surface area (Å²) in [6, 6.07) is 9.22. The molecule has 1 aromatic carbocycles. The molecule has 5 nitrogen and oxygen atoms in total. The van der Waals surface area contributed by atoms with Gasteiger partial charge in [0.25, 0.3) is 0 Å². The van der Waals surface area contributed by atoms with Gasteiger partial charge in [-0.25, -0.2) is 9.48 Å². The minimum Gasteiger partial charge on any atom is -0.497 e. The van der Waals surface area contributed by atoms with Gasteiger partial charge in [-0.05, 0) is 73.8 Å². The SMILES string of the molecule is COc1ccc(-n2ccc(C(=O)OCC3CCC4CC4C3)n2)cc1. The number of esters is 1. The lowest BCUT2D eigenvalue weighted by Gasteiger charge is -2.20. The Morgan fingerprint density at radius 2 is 2.00 bits per heavy atom. The highest BCUT2D eigenvalue weighted by atomic mass is 16.5. The normalized spacial score (nSPS) is 25.0. The molecule has 0 radical (unpaired) electrons. The van der Waals surface area contributed by atoms with Gasteiger partial charge in [-0.3, -0.25) is 0 Å². The Balaban J connectivity index is 1.35. The first-order valence-corrected chi connectivity index (χ1v) is 8.60. The van der Waals surface area contributed by atoms with Crippen LogP contribution in [0.3, 0.4) is 0 Å². The molecule has 5 heteroatoms. The van der Waals surface area contributed by atoms with Crippen LogP contribution in [0.15, 0.2) is 36.5 Å². The molecule has 24 heavy (non-hydrogen) atoms. The first-order valence-electron chi connectivity index (χ1n) is 8.60. The highest BCUT2D eigenvalue weighted by molar-refractivity contribution is 5.87. The monoisotopic (exact) mass is 326 g/mol. The molecule has 0 N–H and O–H groups in total. The smallest absolute Gasteiger partial charge is 0.358 e. The lowest BCUT2D eigenvalue weighted by atomic mass is 9.90.